The molecule has 84 valence electrons. The molecule has 17 heavy (non-hydrogen) atoms. The Bertz CT molecular complexity index is 729. The lowest BCUT2D eigenvalue weighted by atomic mass is 10.0. The van der Waals surface area contributed by atoms with Crippen molar-refractivity contribution < 1.29 is 5.11 Å². The van der Waals surface area contributed by atoms with Crippen molar-refractivity contribution in [1.29, 1.82) is 0 Å². The molecule has 3 heteroatoms. The smallest absolute Gasteiger partial charge is 0.131 e. The van der Waals surface area contributed by atoms with Crippen LogP contribution in [0.2, 0.25) is 0 Å². The van der Waals surface area contributed by atoms with Crippen LogP contribution in [0.1, 0.15) is 17.4 Å². The number of nitrogens with one attached hydrogen (secondary N) is 2. The number of hydrogen-bond donors (Lipinski definition) is 3. The van der Waals surface area contributed by atoms with E-state index in [0.717, 1.165) is 23.1 Å². The van der Waals surface area contributed by atoms with E-state index in [1.165, 1.54) is 16.3 Å². The zero-order chi connectivity index (χ0) is 11.4. The van der Waals surface area contributed by atoms with Gasteiger partial charge in [0.15, 0.2) is 0 Å². The van der Waals surface area contributed by atoms with Crippen molar-refractivity contribution in [1.82, 2.24) is 10.3 Å². The average Bonchev–Trinajstić information content (AvgIpc) is 2.88. The van der Waals surface area contributed by atoms with Crippen molar-refractivity contribution in [3.63, 3.8) is 0 Å². The number of aliphatic hydroxyl groups excluding tert-OH is 1. The normalized spacial score (nSPS) is 19.0. The van der Waals surface area contributed by atoms with E-state index in [9.17, 15) is 5.11 Å². The Balaban J connectivity index is 2.14. The fraction of sp³-hybridized carbons (Fsp3) is 0.143. The molecule has 3 nitrogen and oxygen atoms in total. The van der Waals surface area contributed by atoms with Crippen molar-refractivity contribution in [2.45, 2.75) is 12.8 Å². The molecule has 1 aromatic heterocycles. The molecule has 0 saturated carbocycles. The van der Waals surface area contributed by atoms with Crippen molar-refractivity contribution in [3.8, 4) is 0 Å². The number of aliphatic hydroxyl groups is 1. The average molecular weight is 224 g/mol. The Labute approximate surface area is 98.1 Å². The van der Waals surface area contributed by atoms with Crippen LogP contribution in [0.15, 0.2) is 36.4 Å². The molecule has 1 unspecified atom stereocenters. The van der Waals surface area contributed by atoms with E-state index in [1.54, 1.807) is 0 Å². The number of H-pyrrole nitrogens is 1. The minimum Gasteiger partial charge on any atom is -0.374 e. The summed E-state index contributed by atoms with van der Waals surface area (Å²) >= 11 is 0. The summed E-state index contributed by atoms with van der Waals surface area (Å²) in [4.78, 5) is 3.39. The van der Waals surface area contributed by atoms with Gasteiger partial charge in [0.2, 0.25) is 0 Å². The minimum atomic E-state index is -0.527. The van der Waals surface area contributed by atoms with Crippen LogP contribution in [0.5, 0.6) is 0 Å². The summed E-state index contributed by atoms with van der Waals surface area (Å²) in [5, 5.41) is 15.3. The number of para-hydroxylation sites is 1. The first kappa shape index (κ1) is 9.22. The van der Waals surface area contributed by atoms with Gasteiger partial charge in [0.05, 0.1) is 0 Å². The third kappa shape index (κ3) is 1.18. The van der Waals surface area contributed by atoms with Gasteiger partial charge in [-0.2, -0.15) is 0 Å². The molecule has 1 atom stereocenters. The molecule has 2 heterocycles. The van der Waals surface area contributed by atoms with Crippen LogP contribution in [-0.2, 0) is 6.54 Å². The lowest BCUT2D eigenvalue weighted by Crippen LogP contribution is -2.09. The first-order valence-electron chi connectivity index (χ1n) is 5.77. The second-order valence-electron chi connectivity index (χ2n) is 4.55. The Morgan fingerprint density at radius 1 is 1.06 bits per heavy atom. The third-order valence-corrected chi connectivity index (χ3v) is 3.55. The van der Waals surface area contributed by atoms with Crippen LogP contribution in [0, 0.1) is 0 Å². The molecule has 0 fully saturated rings. The largest absolute Gasteiger partial charge is 0.374 e. The van der Waals surface area contributed by atoms with Crippen LogP contribution in [0.4, 0.5) is 0 Å². The molecule has 1 aliphatic heterocycles. The van der Waals surface area contributed by atoms with Gasteiger partial charge in [-0.15, -0.1) is 0 Å². The minimum absolute atomic E-state index is 0.527. The number of aromatic nitrogens is 1. The maximum atomic E-state index is 9.79. The van der Waals surface area contributed by atoms with Gasteiger partial charge >= 0.3 is 0 Å². The van der Waals surface area contributed by atoms with E-state index in [4.69, 9.17) is 0 Å². The molecule has 3 N–H and O–H groups in total. The van der Waals surface area contributed by atoms with E-state index in [0.29, 0.717) is 0 Å². The van der Waals surface area contributed by atoms with E-state index < -0.39 is 6.23 Å². The third-order valence-electron chi connectivity index (χ3n) is 3.55. The summed E-state index contributed by atoms with van der Waals surface area (Å²) in [6, 6.07) is 12.5. The Kier molecular flexibility index (Phi) is 1.68. The van der Waals surface area contributed by atoms with Gasteiger partial charge in [0, 0.05) is 33.9 Å². The maximum Gasteiger partial charge on any atom is 0.131 e. The summed E-state index contributed by atoms with van der Waals surface area (Å²) in [6.07, 6.45) is -0.527. The van der Waals surface area contributed by atoms with Crippen molar-refractivity contribution in [2.75, 3.05) is 0 Å². The van der Waals surface area contributed by atoms with Crippen LogP contribution in [-0.4, -0.2) is 10.1 Å². The predicted octanol–water partition coefficient (Wildman–Crippen LogP) is 2.42. The number of rotatable bonds is 0. The Morgan fingerprint density at radius 2 is 1.94 bits per heavy atom. The zero-order valence-electron chi connectivity index (χ0n) is 9.20. The van der Waals surface area contributed by atoms with E-state index in [2.05, 4.69) is 40.6 Å². The molecule has 0 spiro atoms. The molecule has 0 radical (unpaired) electrons. The van der Waals surface area contributed by atoms with Crippen molar-refractivity contribution in [3.05, 3.63) is 47.5 Å². The molecule has 0 aliphatic carbocycles. The zero-order valence-corrected chi connectivity index (χ0v) is 9.20. The van der Waals surface area contributed by atoms with Gasteiger partial charge in [-0.1, -0.05) is 18.2 Å². The number of fused-ring (bicyclic) bond motifs is 4. The molecular weight excluding hydrogens is 212 g/mol. The van der Waals surface area contributed by atoms with Gasteiger partial charge in [0.1, 0.15) is 6.23 Å². The summed E-state index contributed by atoms with van der Waals surface area (Å²) in [6.45, 7) is 0.742. The molecule has 1 aliphatic rings. The van der Waals surface area contributed by atoms with E-state index in [-0.39, 0.29) is 0 Å². The highest BCUT2D eigenvalue weighted by molar-refractivity contribution is 6.07. The summed E-state index contributed by atoms with van der Waals surface area (Å²) < 4.78 is 0. The molecule has 0 amide bonds. The van der Waals surface area contributed by atoms with Crippen molar-refractivity contribution in [2.24, 2.45) is 0 Å². The number of hydrogen-bond acceptors (Lipinski definition) is 2. The fourth-order valence-corrected chi connectivity index (χ4v) is 2.68. The highest BCUT2D eigenvalue weighted by Gasteiger charge is 2.20. The standard InChI is InChI=1S/C14H12N2O/c17-14-10-6-13-11(5-8(10)7-15-14)9-3-1-2-4-12(9)16-13/h1-6,14-17H,7H2. The molecule has 3 aromatic rings. The SMILES string of the molecule is OC1NCc2cc3c(cc21)[nH]c1ccccc13. The lowest BCUT2D eigenvalue weighted by molar-refractivity contribution is 0.151. The first-order chi connectivity index (χ1) is 8.33. The quantitative estimate of drug-likeness (QED) is 0.549. The van der Waals surface area contributed by atoms with Crippen LogP contribution in [0.3, 0.4) is 0 Å². The Morgan fingerprint density at radius 3 is 2.88 bits per heavy atom. The number of aromatic amines is 1. The summed E-state index contributed by atoms with van der Waals surface area (Å²) in [5.74, 6) is 0. The topological polar surface area (TPSA) is 48.0 Å². The molecule has 0 saturated heterocycles. The van der Waals surface area contributed by atoms with Crippen LogP contribution >= 0.6 is 0 Å². The van der Waals surface area contributed by atoms with Gasteiger partial charge in [0.25, 0.3) is 0 Å². The molecule has 0 bridgehead atoms. The second-order valence-corrected chi connectivity index (χ2v) is 4.55. The highest BCUT2D eigenvalue weighted by Crippen LogP contribution is 2.32. The predicted molar refractivity (Wildman–Crippen MR) is 67.6 cm³/mol. The molecule has 2 aromatic carbocycles. The molecule has 4 rings (SSSR count). The highest BCUT2D eigenvalue weighted by atomic mass is 16.3. The van der Waals surface area contributed by atoms with Gasteiger partial charge in [-0.05, 0) is 23.8 Å². The Hall–Kier alpha value is -1.84. The fourth-order valence-electron chi connectivity index (χ4n) is 2.68. The van der Waals surface area contributed by atoms with Crippen molar-refractivity contribution >= 4 is 21.8 Å². The van der Waals surface area contributed by atoms with Crippen LogP contribution in [0.25, 0.3) is 21.8 Å². The van der Waals surface area contributed by atoms with Crippen LogP contribution < -0.4 is 5.32 Å². The van der Waals surface area contributed by atoms with Gasteiger partial charge in [-0.3, -0.25) is 5.32 Å². The number of benzene rings is 2. The van der Waals surface area contributed by atoms with Gasteiger partial charge in [-0.25, -0.2) is 0 Å². The molecular formula is C14H12N2O. The van der Waals surface area contributed by atoms with Gasteiger partial charge < -0.3 is 10.1 Å². The maximum absolute atomic E-state index is 9.79. The lowest BCUT2D eigenvalue weighted by Gasteiger charge is -2.03. The first-order valence-corrected chi connectivity index (χ1v) is 5.77. The van der Waals surface area contributed by atoms with E-state index >= 15 is 0 Å². The second kappa shape index (κ2) is 3.09. The van der Waals surface area contributed by atoms with E-state index in [1.807, 2.05) is 6.07 Å². The monoisotopic (exact) mass is 224 g/mol. The summed E-state index contributed by atoms with van der Waals surface area (Å²) in [7, 11) is 0. The summed E-state index contributed by atoms with van der Waals surface area (Å²) in [5.41, 5.74) is 4.42.